The minimum absolute atomic E-state index is 0.0139. The fourth-order valence-corrected chi connectivity index (χ4v) is 3.41. The number of aryl methyl sites for hydroxylation is 2. The molecule has 0 aliphatic carbocycles. The number of amides is 2. The standard InChI is InChI=1S/C21H21FN6O2/c1-14-12-19-27(10-3-11-28(19)26-14)20(30)8-7-18(29)25-21-16(22)5-6-17(24-21)15-4-2-9-23-13-15/h2,4-6,9,12-13H,3,7-8,10-11H2,1H3,(H,24,25,29). The maximum atomic E-state index is 14.1. The number of halogens is 1. The quantitative estimate of drug-likeness (QED) is 0.701. The van der Waals surface area contributed by atoms with E-state index in [9.17, 15) is 14.0 Å². The number of hydrogen-bond acceptors (Lipinski definition) is 5. The van der Waals surface area contributed by atoms with Gasteiger partial charge in [-0.05, 0) is 37.6 Å². The van der Waals surface area contributed by atoms with Gasteiger partial charge in [0, 0.05) is 50.0 Å². The third kappa shape index (κ3) is 4.19. The van der Waals surface area contributed by atoms with Crippen molar-refractivity contribution in [2.75, 3.05) is 16.8 Å². The lowest BCUT2D eigenvalue weighted by atomic mass is 10.2. The average molecular weight is 408 g/mol. The van der Waals surface area contributed by atoms with Crippen LogP contribution in [0, 0.1) is 12.7 Å². The molecule has 0 saturated heterocycles. The van der Waals surface area contributed by atoms with Crippen LogP contribution in [-0.4, -0.2) is 38.1 Å². The zero-order valence-corrected chi connectivity index (χ0v) is 16.5. The number of nitrogens with one attached hydrogen (secondary N) is 1. The largest absolute Gasteiger partial charge is 0.308 e. The van der Waals surface area contributed by atoms with Crippen molar-refractivity contribution >= 4 is 23.5 Å². The summed E-state index contributed by atoms with van der Waals surface area (Å²) in [7, 11) is 0. The molecule has 4 heterocycles. The highest BCUT2D eigenvalue weighted by atomic mass is 19.1. The molecule has 0 atom stereocenters. The number of pyridine rings is 2. The van der Waals surface area contributed by atoms with Gasteiger partial charge in [0.2, 0.25) is 11.8 Å². The van der Waals surface area contributed by atoms with E-state index in [0.717, 1.165) is 24.5 Å². The minimum atomic E-state index is -0.641. The highest BCUT2D eigenvalue weighted by molar-refractivity contribution is 5.97. The second-order valence-electron chi connectivity index (χ2n) is 7.08. The van der Waals surface area contributed by atoms with Crippen LogP contribution in [0.1, 0.15) is 25.0 Å². The van der Waals surface area contributed by atoms with Crippen molar-refractivity contribution in [2.24, 2.45) is 0 Å². The Kier molecular flexibility index (Phi) is 5.51. The first kappa shape index (κ1) is 19.7. The first-order chi connectivity index (χ1) is 14.5. The summed E-state index contributed by atoms with van der Waals surface area (Å²) in [6.45, 7) is 3.24. The first-order valence-corrected chi connectivity index (χ1v) is 9.73. The first-order valence-electron chi connectivity index (χ1n) is 9.73. The number of anilines is 2. The van der Waals surface area contributed by atoms with E-state index in [4.69, 9.17) is 0 Å². The number of carbonyl (C=O) groups excluding carboxylic acids is 2. The molecule has 1 aliphatic rings. The highest BCUT2D eigenvalue weighted by Gasteiger charge is 2.24. The molecule has 0 unspecified atom stereocenters. The fraction of sp³-hybridized carbons (Fsp3) is 0.286. The molecular formula is C21H21FN6O2. The monoisotopic (exact) mass is 408 g/mol. The normalized spacial score (nSPS) is 13.1. The molecule has 3 aromatic heterocycles. The van der Waals surface area contributed by atoms with Gasteiger partial charge in [0.1, 0.15) is 5.82 Å². The highest BCUT2D eigenvalue weighted by Crippen LogP contribution is 2.23. The Morgan fingerprint density at radius 1 is 1.20 bits per heavy atom. The Morgan fingerprint density at radius 3 is 2.87 bits per heavy atom. The lowest BCUT2D eigenvalue weighted by molar-refractivity contribution is -0.122. The Labute approximate surface area is 172 Å². The maximum Gasteiger partial charge on any atom is 0.228 e. The van der Waals surface area contributed by atoms with Gasteiger partial charge in [0.05, 0.1) is 11.4 Å². The Bertz CT molecular complexity index is 1080. The number of nitrogens with zero attached hydrogens (tertiary/aromatic N) is 5. The van der Waals surface area contributed by atoms with Gasteiger partial charge in [-0.1, -0.05) is 0 Å². The number of aromatic nitrogens is 4. The zero-order valence-electron chi connectivity index (χ0n) is 16.5. The van der Waals surface area contributed by atoms with E-state index in [1.54, 1.807) is 34.1 Å². The van der Waals surface area contributed by atoms with Gasteiger partial charge in [-0.3, -0.25) is 19.5 Å². The number of hydrogen-bond donors (Lipinski definition) is 1. The molecule has 154 valence electrons. The van der Waals surface area contributed by atoms with Gasteiger partial charge in [-0.25, -0.2) is 14.1 Å². The molecule has 1 N–H and O–H groups in total. The van der Waals surface area contributed by atoms with Gasteiger partial charge >= 0.3 is 0 Å². The van der Waals surface area contributed by atoms with Crippen LogP contribution in [0.15, 0.2) is 42.7 Å². The van der Waals surface area contributed by atoms with Gasteiger partial charge in [0.15, 0.2) is 11.6 Å². The molecule has 0 spiro atoms. The van der Waals surface area contributed by atoms with E-state index in [0.29, 0.717) is 17.8 Å². The van der Waals surface area contributed by atoms with Gasteiger partial charge in [0.25, 0.3) is 0 Å². The summed E-state index contributed by atoms with van der Waals surface area (Å²) in [6, 6.07) is 8.17. The van der Waals surface area contributed by atoms with Crippen LogP contribution >= 0.6 is 0 Å². The summed E-state index contributed by atoms with van der Waals surface area (Å²) < 4.78 is 15.9. The van der Waals surface area contributed by atoms with Crippen molar-refractivity contribution in [3.05, 3.63) is 54.2 Å². The smallest absolute Gasteiger partial charge is 0.228 e. The van der Waals surface area contributed by atoms with E-state index in [-0.39, 0.29) is 24.6 Å². The van der Waals surface area contributed by atoms with Crippen molar-refractivity contribution in [1.82, 2.24) is 19.7 Å². The Hall–Kier alpha value is -3.62. The van der Waals surface area contributed by atoms with Crippen molar-refractivity contribution in [3.63, 3.8) is 0 Å². The molecule has 2 amide bonds. The zero-order chi connectivity index (χ0) is 21.1. The summed E-state index contributed by atoms with van der Waals surface area (Å²) in [5, 5.41) is 6.84. The summed E-state index contributed by atoms with van der Waals surface area (Å²) in [5.41, 5.74) is 2.05. The molecule has 0 radical (unpaired) electrons. The number of carbonyl (C=O) groups is 2. The van der Waals surface area contributed by atoms with Gasteiger partial charge in [-0.15, -0.1) is 0 Å². The van der Waals surface area contributed by atoms with Gasteiger partial charge < -0.3 is 5.32 Å². The summed E-state index contributed by atoms with van der Waals surface area (Å²) in [6.07, 6.45) is 3.99. The molecular weight excluding hydrogens is 387 g/mol. The number of fused-ring (bicyclic) bond motifs is 1. The van der Waals surface area contributed by atoms with Crippen molar-refractivity contribution in [3.8, 4) is 11.3 Å². The lowest BCUT2D eigenvalue weighted by Gasteiger charge is -2.27. The lowest BCUT2D eigenvalue weighted by Crippen LogP contribution is -2.37. The molecule has 30 heavy (non-hydrogen) atoms. The molecule has 1 aliphatic heterocycles. The van der Waals surface area contributed by atoms with Gasteiger partial charge in [-0.2, -0.15) is 5.10 Å². The van der Waals surface area contributed by atoms with Crippen molar-refractivity contribution in [2.45, 2.75) is 32.7 Å². The number of rotatable bonds is 5. The minimum Gasteiger partial charge on any atom is -0.308 e. The van der Waals surface area contributed by atoms with Crippen LogP contribution in [0.25, 0.3) is 11.3 Å². The van der Waals surface area contributed by atoms with Crippen molar-refractivity contribution < 1.29 is 14.0 Å². The predicted molar refractivity (Wildman–Crippen MR) is 109 cm³/mol. The van der Waals surface area contributed by atoms with Crippen LogP contribution in [-0.2, 0) is 16.1 Å². The van der Waals surface area contributed by atoms with Crippen LogP contribution < -0.4 is 10.2 Å². The molecule has 4 rings (SSSR count). The molecule has 3 aromatic rings. The average Bonchev–Trinajstić information content (AvgIpc) is 3.14. The fourth-order valence-electron chi connectivity index (χ4n) is 3.41. The maximum absolute atomic E-state index is 14.1. The van der Waals surface area contributed by atoms with E-state index < -0.39 is 11.7 Å². The van der Waals surface area contributed by atoms with E-state index in [1.165, 1.54) is 12.1 Å². The van der Waals surface area contributed by atoms with Crippen LogP contribution in [0.5, 0.6) is 0 Å². The van der Waals surface area contributed by atoms with Crippen molar-refractivity contribution in [1.29, 1.82) is 0 Å². The van der Waals surface area contributed by atoms with Crippen LogP contribution in [0.4, 0.5) is 16.0 Å². The van der Waals surface area contributed by atoms with E-state index in [2.05, 4.69) is 20.4 Å². The molecule has 0 saturated carbocycles. The third-order valence-electron chi connectivity index (χ3n) is 4.84. The van der Waals surface area contributed by atoms with Crippen LogP contribution in [0.2, 0.25) is 0 Å². The summed E-state index contributed by atoms with van der Waals surface area (Å²) >= 11 is 0. The second-order valence-corrected chi connectivity index (χ2v) is 7.08. The summed E-state index contributed by atoms with van der Waals surface area (Å²) in [5.74, 6) is -0.692. The van der Waals surface area contributed by atoms with E-state index in [1.807, 2.05) is 13.0 Å². The second kappa shape index (κ2) is 8.40. The topological polar surface area (TPSA) is 93.0 Å². The summed E-state index contributed by atoms with van der Waals surface area (Å²) in [4.78, 5) is 34.8. The third-order valence-corrected chi connectivity index (χ3v) is 4.84. The Balaban J connectivity index is 1.39. The molecule has 0 bridgehead atoms. The van der Waals surface area contributed by atoms with E-state index >= 15 is 0 Å². The molecule has 0 aromatic carbocycles. The SMILES string of the molecule is Cc1cc2n(n1)CCCN2C(=O)CCC(=O)Nc1nc(-c2cccnc2)ccc1F. The predicted octanol–water partition coefficient (Wildman–Crippen LogP) is 2.94. The molecule has 9 heteroatoms. The molecule has 0 fully saturated rings. The molecule has 8 nitrogen and oxygen atoms in total. The van der Waals surface area contributed by atoms with Crippen LogP contribution in [0.3, 0.4) is 0 Å². The Morgan fingerprint density at radius 2 is 2.07 bits per heavy atom.